The number of hydrogen-bond donors (Lipinski definition) is 3. The number of aromatic amines is 1. The highest BCUT2D eigenvalue weighted by molar-refractivity contribution is 5.82. The summed E-state index contributed by atoms with van der Waals surface area (Å²) < 4.78 is 1.56. The van der Waals surface area contributed by atoms with Gasteiger partial charge in [-0.1, -0.05) is 18.6 Å². The van der Waals surface area contributed by atoms with Crippen LogP contribution in [-0.4, -0.2) is 29.7 Å². The average Bonchev–Trinajstić information content (AvgIpc) is 3.27. The molecule has 0 radical (unpaired) electrons. The number of nitrogens with one attached hydrogen (secondary N) is 2. The van der Waals surface area contributed by atoms with E-state index in [4.69, 9.17) is 10.7 Å². The Balaban J connectivity index is 1.69. The Bertz CT molecular complexity index is 1400. The van der Waals surface area contributed by atoms with E-state index in [-0.39, 0.29) is 22.8 Å². The van der Waals surface area contributed by atoms with Gasteiger partial charge in [0.15, 0.2) is 0 Å². The fraction of sp³-hybridized carbons (Fsp3) is 0.273. The largest absolute Gasteiger partial charge is 0.382 e. The molecule has 1 aliphatic rings. The van der Waals surface area contributed by atoms with E-state index in [2.05, 4.69) is 25.5 Å². The maximum atomic E-state index is 13.8. The molecule has 10 nitrogen and oxygen atoms in total. The van der Waals surface area contributed by atoms with Crippen LogP contribution in [0, 0.1) is 11.3 Å². The normalized spacial score (nSPS) is 14.6. The van der Waals surface area contributed by atoms with Gasteiger partial charge in [0.05, 0.1) is 28.8 Å². The summed E-state index contributed by atoms with van der Waals surface area (Å²) in [6, 6.07) is 7.38. The maximum absolute atomic E-state index is 13.8. The molecule has 4 aromatic rings. The molecular weight excluding hydrogens is 406 g/mol. The summed E-state index contributed by atoms with van der Waals surface area (Å²) in [6.07, 6.45) is 7.85. The van der Waals surface area contributed by atoms with Gasteiger partial charge in [0.2, 0.25) is 0 Å². The van der Waals surface area contributed by atoms with Crippen molar-refractivity contribution in [2.45, 2.75) is 38.1 Å². The van der Waals surface area contributed by atoms with E-state index in [1.807, 2.05) is 31.2 Å². The minimum atomic E-state index is -0.476. The van der Waals surface area contributed by atoms with Crippen molar-refractivity contribution in [1.29, 1.82) is 5.26 Å². The van der Waals surface area contributed by atoms with Gasteiger partial charge in [0.25, 0.3) is 5.56 Å². The third kappa shape index (κ3) is 3.15. The van der Waals surface area contributed by atoms with Gasteiger partial charge >= 0.3 is 0 Å². The number of nitrogens with zero attached hydrogens (tertiary/aromatic N) is 6. The van der Waals surface area contributed by atoms with E-state index in [1.54, 1.807) is 17.0 Å². The Morgan fingerprint density at radius 2 is 2.19 bits per heavy atom. The Morgan fingerprint density at radius 1 is 1.34 bits per heavy atom. The van der Waals surface area contributed by atoms with E-state index in [0.29, 0.717) is 28.3 Å². The van der Waals surface area contributed by atoms with Gasteiger partial charge in [-0.2, -0.15) is 10.4 Å². The minimum Gasteiger partial charge on any atom is -0.382 e. The van der Waals surface area contributed by atoms with Crippen molar-refractivity contribution in [3.8, 4) is 11.8 Å². The minimum absolute atomic E-state index is 0.0843. The van der Waals surface area contributed by atoms with Crippen LogP contribution in [0.3, 0.4) is 0 Å². The zero-order chi connectivity index (χ0) is 22.2. The van der Waals surface area contributed by atoms with Crippen LogP contribution in [-0.2, 0) is 0 Å². The van der Waals surface area contributed by atoms with E-state index in [9.17, 15) is 10.1 Å². The molecule has 1 aromatic carbocycles. The van der Waals surface area contributed by atoms with Crippen LogP contribution in [0.2, 0.25) is 0 Å². The lowest BCUT2D eigenvalue weighted by molar-refractivity contribution is 0.422. The summed E-state index contributed by atoms with van der Waals surface area (Å²) in [5.74, 6) is 1.22. The number of rotatable bonds is 5. The van der Waals surface area contributed by atoms with Gasteiger partial charge in [0, 0.05) is 6.20 Å². The van der Waals surface area contributed by atoms with Crippen LogP contribution in [0.4, 0.5) is 11.6 Å². The van der Waals surface area contributed by atoms with Crippen molar-refractivity contribution in [3.05, 3.63) is 64.2 Å². The van der Waals surface area contributed by atoms with Crippen LogP contribution in [0.15, 0.2) is 41.7 Å². The van der Waals surface area contributed by atoms with Gasteiger partial charge in [-0.3, -0.25) is 14.5 Å². The molecule has 3 aromatic heterocycles. The summed E-state index contributed by atoms with van der Waals surface area (Å²) in [5.41, 5.74) is 8.09. The summed E-state index contributed by atoms with van der Waals surface area (Å²) in [4.78, 5) is 26.7. The molecule has 1 fully saturated rings. The topological polar surface area (TPSA) is 151 Å². The average molecular weight is 427 g/mol. The Labute approximate surface area is 183 Å². The number of nitrogens with two attached hydrogens (primary N) is 1. The number of anilines is 2. The molecule has 0 unspecified atom stereocenters. The molecule has 160 valence electrons. The molecule has 0 saturated heterocycles. The first kappa shape index (κ1) is 19.7. The molecule has 1 saturated carbocycles. The second kappa shape index (κ2) is 7.77. The second-order valence-corrected chi connectivity index (χ2v) is 7.90. The summed E-state index contributed by atoms with van der Waals surface area (Å²) in [6.45, 7) is 1.85. The summed E-state index contributed by atoms with van der Waals surface area (Å²) >= 11 is 0. The van der Waals surface area contributed by atoms with Crippen molar-refractivity contribution in [3.63, 3.8) is 0 Å². The highest BCUT2D eigenvalue weighted by Gasteiger charge is 2.26. The fourth-order valence-electron chi connectivity index (χ4n) is 4.13. The third-order valence-corrected chi connectivity index (χ3v) is 5.97. The lowest BCUT2D eigenvalue weighted by Crippen LogP contribution is -2.28. The standard InChI is InChI=1S/C22H21N9O/c1-12(29-20-16(8-23)19(24)25-11-26-20)21-30-17-7-3-6-15(13-4-2-5-13)18(17)22(32)31(21)14-9-27-28-10-14/h3,6-7,9-13H,2,4-5H2,1H3,(H,27,28)(H3,24,25,26,29)/t12-/m0/s1. The Morgan fingerprint density at radius 3 is 2.88 bits per heavy atom. The van der Waals surface area contributed by atoms with Crippen LogP contribution >= 0.6 is 0 Å². The first-order valence-corrected chi connectivity index (χ1v) is 10.4. The molecule has 0 spiro atoms. The first-order chi connectivity index (χ1) is 15.6. The summed E-state index contributed by atoms with van der Waals surface area (Å²) in [5, 5.41) is 20.0. The SMILES string of the molecule is C[C@H](Nc1ncnc(N)c1C#N)c1nc2cccc(C3CCC3)c2c(=O)n1-c1cn[nH]c1. The van der Waals surface area contributed by atoms with Gasteiger partial charge in [-0.25, -0.2) is 15.0 Å². The van der Waals surface area contributed by atoms with Crippen molar-refractivity contribution >= 4 is 22.5 Å². The van der Waals surface area contributed by atoms with Crippen LogP contribution in [0.25, 0.3) is 16.6 Å². The van der Waals surface area contributed by atoms with Gasteiger partial charge < -0.3 is 11.1 Å². The molecule has 1 atom stereocenters. The van der Waals surface area contributed by atoms with Gasteiger partial charge in [-0.15, -0.1) is 0 Å². The number of benzene rings is 1. The number of hydrogen-bond acceptors (Lipinski definition) is 8. The lowest BCUT2D eigenvalue weighted by atomic mass is 9.79. The molecule has 0 bridgehead atoms. The lowest BCUT2D eigenvalue weighted by Gasteiger charge is -2.27. The van der Waals surface area contributed by atoms with Crippen molar-refractivity contribution < 1.29 is 0 Å². The fourth-order valence-corrected chi connectivity index (χ4v) is 4.13. The molecule has 10 heteroatoms. The highest BCUT2D eigenvalue weighted by Crippen LogP contribution is 2.38. The van der Waals surface area contributed by atoms with E-state index < -0.39 is 6.04 Å². The smallest absolute Gasteiger partial charge is 0.266 e. The Kier molecular flexibility index (Phi) is 4.78. The molecule has 4 N–H and O–H groups in total. The number of H-pyrrole nitrogens is 1. The molecule has 1 aliphatic carbocycles. The first-order valence-electron chi connectivity index (χ1n) is 10.4. The molecule has 3 heterocycles. The monoisotopic (exact) mass is 427 g/mol. The summed E-state index contributed by atoms with van der Waals surface area (Å²) in [7, 11) is 0. The zero-order valence-corrected chi connectivity index (χ0v) is 17.4. The zero-order valence-electron chi connectivity index (χ0n) is 17.4. The van der Waals surface area contributed by atoms with Crippen molar-refractivity contribution in [1.82, 2.24) is 29.7 Å². The van der Waals surface area contributed by atoms with E-state index in [0.717, 1.165) is 18.4 Å². The molecular formula is C22H21N9O. The van der Waals surface area contributed by atoms with Crippen LogP contribution in [0.1, 0.15) is 55.1 Å². The third-order valence-electron chi connectivity index (χ3n) is 5.97. The van der Waals surface area contributed by atoms with Crippen molar-refractivity contribution in [2.75, 3.05) is 11.1 Å². The number of nitrogen functional groups attached to an aromatic ring is 1. The van der Waals surface area contributed by atoms with E-state index >= 15 is 0 Å². The predicted molar refractivity (Wildman–Crippen MR) is 119 cm³/mol. The predicted octanol–water partition coefficient (Wildman–Crippen LogP) is 2.79. The molecule has 0 amide bonds. The molecule has 32 heavy (non-hydrogen) atoms. The van der Waals surface area contributed by atoms with Crippen LogP contribution < -0.4 is 16.6 Å². The van der Waals surface area contributed by atoms with Crippen molar-refractivity contribution in [2.24, 2.45) is 0 Å². The van der Waals surface area contributed by atoms with Gasteiger partial charge in [-0.05, 0) is 37.3 Å². The molecule has 0 aliphatic heterocycles. The Hall–Kier alpha value is -4.26. The molecule has 5 rings (SSSR count). The number of fused-ring (bicyclic) bond motifs is 1. The second-order valence-electron chi connectivity index (χ2n) is 7.90. The highest BCUT2D eigenvalue weighted by atomic mass is 16.1. The quantitative estimate of drug-likeness (QED) is 0.440. The maximum Gasteiger partial charge on any atom is 0.266 e. The van der Waals surface area contributed by atoms with E-state index in [1.165, 1.54) is 12.7 Å². The van der Waals surface area contributed by atoms with Crippen LogP contribution in [0.5, 0.6) is 0 Å². The van der Waals surface area contributed by atoms with Gasteiger partial charge in [0.1, 0.15) is 35.4 Å². The number of aromatic nitrogens is 6. The number of nitriles is 1.